The van der Waals surface area contributed by atoms with Crippen molar-refractivity contribution >= 4 is 11.6 Å². The fourth-order valence-electron chi connectivity index (χ4n) is 2.55. The largest absolute Gasteiger partial charge is 0.497 e. The second-order valence-corrected chi connectivity index (χ2v) is 5.38. The van der Waals surface area contributed by atoms with Gasteiger partial charge < -0.3 is 15.8 Å². The average molecular weight is 277 g/mol. The quantitative estimate of drug-likeness (QED) is 0.874. The van der Waals surface area contributed by atoms with Crippen LogP contribution in [0.1, 0.15) is 19.8 Å². The maximum Gasteiger partial charge on any atom is 0.238 e. The van der Waals surface area contributed by atoms with Crippen molar-refractivity contribution in [2.45, 2.75) is 31.8 Å². The maximum absolute atomic E-state index is 12.0. The molecule has 2 rings (SSSR count). The summed E-state index contributed by atoms with van der Waals surface area (Å²) in [5.74, 6) is 0.791. The Labute approximate surface area is 120 Å². The lowest BCUT2D eigenvalue weighted by molar-refractivity contribution is -0.118. The minimum absolute atomic E-state index is 0.0116. The number of hydrogen-bond acceptors (Lipinski definition) is 4. The summed E-state index contributed by atoms with van der Waals surface area (Å²) >= 11 is 0. The molecule has 1 aromatic carbocycles. The fraction of sp³-hybridized carbons (Fsp3) is 0.533. The Morgan fingerprint density at radius 3 is 2.75 bits per heavy atom. The van der Waals surface area contributed by atoms with E-state index in [2.05, 4.69) is 17.1 Å². The van der Waals surface area contributed by atoms with Gasteiger partial charge in [-0.2, -0.15) is 0 Å². The summed E-state index contributed by atoms with van der Waals surface area (Å²) < 4.78 is 5.09. The van der Waals surface area contributed by atoms with Gasteiger partial charge in [0.05, 0.1) is 13.7 Å². The third kappa shape index (κ3) is 3.95. The van der Waals surface area contributed by atoms with Gasteiger partial charge in [0.25, 0.3) is 0 Å². The highest BCUT2D eigenvalue weighted by Gasteiger charge is 2.24. The molecule has 0 bridgehead atoms. The summed E-state index contributed by atoms with van der Waals surface area (Å²) in [7, 11) is 1.62. The standard InChI is InChI=1S/C15H23N3O2/c1-11-9-12(16)7-8-18(11)10-15(19)17-13-3-5-14(20-2)6-4-13/h3-6,11-12H,7-10,16H2,1-2H3,(H,17,19). The summed E-state index contributed by atoms with van der Waals surface area (Å²) in [5.41, 5.74) is 6.72. The van der Waals surface area contributed by atoms with Crippen molar-refractivity contribution in [1.82, 2.24) is 4.90 Å². The predicted octanol–water partition coefficient (Wildman–Crippen LogP) is 1.45. The average Bonchev–Trinajstić information content (AvgIpc) is 2.43. The molecule has 110 valence electrons. The number of amides is 1. The van der Waals surface area contributed by atoms with Gasteiger partial charge in [-0.1, -0.05) is 0 Å². The second kappa shape index (κ2) is 6.72. The van der Waals surface area contributed by atoms with E-state index in [4.69, 9.17) is 10.5 Å². The van der Waals surface area contributed by atoms with Crippen LogP contribution in [0.3, 0.4) is 0 Å². The molecule has 1 amide bonds. The van der Waals surface area contributed by atoms with Crippen LogP contribution in [0.4, 0.5) is 5.69 Å². The molecule has 1 heterocycles. The van der Waals surface area contributed by atoms with E-state index < -0.39 is 0 Å². The molecule has 0 aromatic heterocycles. The molecular weight excluding hydrogens is 254 g/mol. The Morgan fingerprint density at radius 1 is 1.45 bits per heavy atom. The van der Waals surface area contributed by atoms with Crippen molar-refractivity contribution in [3.63, 3.8) is 0 Å². The minimum Gasteiger partial charge on any atom is -0.497 e. The van der Waals surface area contributed by atoms with E-state index in [0.717, 1.165) is 30.8 Å². The first-order valence-corrected chi connectivity index (χ1v) is 7.02. The number of nitrogens with one attached hydrogen (secondary N) is 1. The molecule has 1 aromatic rings. The van der Waals surface area contributed by atoms with Crippen LogP contribution < -0.4 is 15.8 Å². The Bertz CT molecular complexity index is 447. The lowest BCUT2D eigenvalue weighted by Crippen LogP contribution is -2.48. The maximum atomic E-state index is 12.0. The van der Waals surface area contributed by atoms with Crippen LogP contribution in [0.2, 0.25) is 0 Å². The van der Waals surface area contributed by atoms with Crippen molar-refractivity contribution < 1.29 is 9.53 Å². The van der Waals surface area contributed by atoms with Crippen LogP contribution >= 0.6 is 0 Å². The third-order valence-electron chi connectivity index (χ3n) is 3.77. The molecule has 3 N–H and O–H groups in total. The van der Waals surface area contributed by atoms with E-state index in [9.17, 15) is 4.79 Å². The molecule has 5 nitrogen and oxygen atoms in total. The summed E-state index contributed by atoms with van der Waals surface area (Å²) in [6.07, 6.45) is 1.91. The number of hydrogen-bond donors (Lipinski definition) is 2. The summed E-state index contributed by atoms with van der Waals surface area (Å²) in [5, 5.41) is 2.90. The first-order valence-electron chi connectivity index (χ1n) is 7.02. The van der Waals surface area contributed by atoms with Gasteiger partial charge in [-0.05, 0) is 44.0 Å². The van der Waals surface area contributed by atoms with E-state index in [-0.39, 0.29) is 11.9 Å². The molecule has 5 heteroatoms. The number of piperidine rings is 1. The van der Waals surface area contributed by atoms with Gasteiger partial charge in [0.15, 0.2) is 0 Å². The topological polar surface area (TPSA) is 67.6 Å². The lowest BCUT2D eigenvalue weighted by atomic mass is 9.99. The fourth-order valence-corrected chi connectivity index (χ4v) is 2.55. The summed E-state index contributed by atoms with van der Waals surface area (Å²) in [4.78, 5) is 14.2. The number of anilines is 1. The van der Waals surface area contributed by atoms with E-state index in [1.807, 2.05) is 24.3 Å². The molecule has 1 saturated heterocycles. The lowest BCUT2D eigenvalue weighted by Gasteiger charge is -2.35. The SMILES string of the molecule is COc1ccc(NC(=O)CN2CCC(N)CC2C)cc1. The highest BCUT2D eigenvalue weighted by Crippen LogP contribution is 2.17. The number of benzene rings is 1. The molecule has 0 aliphatic carbocycles. The van der Waals surface area contributed by atoms with Crippen LogP contribution in [0.25, 0.3) is 0 Å². The Kier molecular flexibility index (Phi) is 4.98. The number of nitrogens with zero attached hydrogens (tertiary/aromatic N) is 1. The Morgan fingerprint density at radius 2 is 2.15 bits per heavy atom. The number of carbonyl (C=O) groups excluding carboxylic acids is 1. The van der Waals surface area contributed by atoms with Gasteiger partial charge in [0, 0.05) is 24.3 Å². The van der Waals surface area contributed by atoms with Crippen molar-refractivity contribution in [3.05, 3.63) is 24.3 Å². The Balaban J connectivity index is 1.85. The van der Waals surface area contributed by atoms with Gasteiger partial charge in [0.1, 0.15) is 5.75 Å². The van der Waals surface area contributed by atoms with Crippen LogP contribution in [0.5, 0.6) is 5.75 Å². The molecule has 1 aliphatic rings. The Hall–Kier alpha value is -1.59. The summed E-state index contributed by atoms with van der Waals surface area (Å²) in [6, 6.07) is 7.97. The monoisotopic (exact) mass is 277 g/mol. The molecule has 1 aliphatic heterocycles. The van der Waals surface area contributed by atoms with Crippen molar-refractivity contribution in [1.29, 1.82) is 0 Å². The smallest absolute Gasteiger partial charge is 0.238 e. The molecule has 0 radical (unpaired) electrons. The zero-order valence-electron chi connectivity index (χ0n) is 12.1. The number of likely N-dealkylation sites (tertiary alicyclic amines) is 1. The highest BCUT2D eigenvalue weighted by atomic mass is 16.5. The number of ether oxygens (including phenoxy) is 1. The molecule has 1 fully saturated rings. The molecule has 0 saturated carbocycles. The van der Waals surface area contributed by atoms with Gasteiger partial charge in [-0.25, -0.2) is 0 Å². The van der Waals surface area contributed by atoms with Crippen LogP contribution in [0, 0.1) is 0 Å². The van der Waals surface area contributed by atoms with E-state index >= 15 is 0 Å². The molecule has 20 heavy (non-hydrogen) atoms. The minimum atomic E-state index is 0.0116. The molecular formula is C15H23N3O2. The predicted molar refractivity (Wildman–Crippen MR) is 79.9 cm³/mol. The van der Waals surface area contributed by atoms with Crippen LogP contribution in [0.15, 0.2) is 24.3 Å². The summed E-state index contributed by atoms with van der Waals surface area (Å²) in [6.45, 7) is 3.43. The van der Waals surface area contributed by atoms with Gasteiger partial charge in [0.2, 0.25) is 5.91 Å². The van der Waals surface area contributed by atoms with Crippen LogP contribution in [-0.4, -0.2) is 43.1 Å². The second-order valence-electron chi connectivity index (χ2n) is 5.38. The van der Waals surface area contributed by atoms with Crippen LogP contribution in [-0.2, 0) is 4.79 Å². The molecule has 2 unspecified atom stereocenters. The first-order chi connectivity index (χ1) is 9.58. The van der Waals surface area contributed by atoms with Crippen molar-refractivity contribution in [2.24, 2.45) is 5.73 Å². The van der Waals surface area contributed by atoms with Gasteiger partial charge in [-0.3, -0.25) is 9.69 Å². The normalized spacial score (nSPS) is 23.4. The molecule has 2 atom stereocenters. The zero-order chi connectivity index (χ0) is 14.5. The van der Waals surface area contributed by atoms with E-state index in [0.29, 0.717) is 12.6 Å². The van der Waals surface area contributed by atoms with Gasteiger partial charge in [-0.15, -0.1) is 0 Å². The molecule has 0 spiro atoms. The third-order valence-corrected chi connectivity index (χ3v) is 3.77. The van der Waals surface area contributed by atoms with E-state index in [1.54, 1.807) is 7.11 Å². The first kappa shape index (κ1) is 14.8. The number of nitrogens with two attached hydrogens (primary N) is 1. The van der Waals surface area contributed by atoms with Gasteiger partial charge >= 0.3 is 0 Å². The zero-order valence-corrected chi connectivity index (χ0v) is 12.1. The number of rotatable bonds is 4. The number of carbonyl (C=O) groups is 1. The van der Waals surface area contributed by atoms with E-state index in [1.165, 1.54) is 0 Å². The highest BCUT2D eigenvalue weighted by molar-refractivity contribution is 5.92. The van der Waals surface area contributed by atoms with Crippen molar-refractivity contribution in [3.8, 4) is 5.75 Å². The number of methoxy groups -OCH3 is 1. The van der Waals surface area contributed by atoms with Crippen molar-refractivity contribution in [2.75, 3.05) is 25.5 Å².